The van der Waals surface area contributed by atoms with Gasteiger partial charge in [-0.1, -0.05) is 19.9 Å². The third kappa shape index (κ3) is 4.63. The molecule has 0 heterocycles. The Hall–Kier alpha value is -2.02. The fourth-order valence-electron chi connectivity index (χ4n) is 1.60. The van der Waals surface area contributed by atoms with Gasteiger partial charge in [-0.3, -0.25) is 4.79 Å². The molecule has 1 aromatic carbocycles. The summed E-state index contributed by atoms with van der Waals surface area (Å²) in [4.78, 5) is 11.9. The molecule has 0 aromatic heterocycles. The minimum Gasteiger partial charge on any atom is -0.374 e. The van der Waals surface area contributed by atoms with E-state index in [-0.39, 0.29) is 11.9 Å². The summed E-state index contributed by atoms with van der Waals surface area (Å²) in [5.41, 5.74) is 2.43. The van der Waals surface area contributed by atoms with Crippen molar-refractivity contribution in [3.8, 4) is 6.07 Å². The van der Waals surface area contributed by atoms with Crippen LogP contribution in [0.15, 0.2) is 18.2 Å². The number of benzene rings is 1. The van der Waals surface area contributed by atoms with Crippen LogP contribution in [-0.2, 0) is 4.79 Å². The zero-order valence-corrected chi connectivity index (χ0v) is 11.9. The topological polar surface area (TPSA) is 64.9 Å². The first-order valence-electron chi connectivity index (χ1n) is 6.49. The third-order valence-electron chi connectivity index (χ3n) is 2.82. The van der Waals surface area contributed by atoms with E-state index >= 15 is 0 Å². The lowest BCUT2D eigenvalue weighted by Crippen LogP contribution is -2.39. The Morgan fingerprint density at radius 2 is 2.05 bits per heavy atom. The minimum atomic E-state index is -0.327. The van der Waals surface area contributed by atoms with Crippen molar-refractivity contribution < 1.29 is 4.79 Å². The maximum absolute atomic E-state index is 11.9. The predicted octanol–water partition coefficient (Wildman–Crippen LogP) is 2.44. The lowest BCUT2D eigenvalue weighted by atomic mass is 10.1. The first-order valence-corrected chi connectivity index (χ1v) is 6.49. The molecule has 0 aliphatic heterocycles. The number of anilines is 1. The lowest BCUT2D eigenvalue weighted by molar-refractivity contribution is -0.121. The van der Waals surface area contributed by atoms with Crippen molar-refractivity contribution in [2.75, 3.05) is 11.9 Å². The van der Waals surface area contributed by atoms with Gasteiger partial charge in [-0.15, -0.1) is 0 Å². The summed E-state index contributed by atoms with van der Waals surface area (Å²) < 4.78 is 0. The Kier molecular flexibility index (Phi) is 5.37. The number of rotatable bonds is 5. The molecule has 0 bridgehead atoms. The molecule has 0 aliphatic carbocycles. The molecule has 0 saturated carbocycles. The lowest BCUT2D eigenvalue weighted by Gasteiger charge is -2.17. The Morgan fingerprint density at radius 1 is 1.37 bits per heavy atom. The highest BCUT2D eigenvalue weighted by molar-refractivity contribution is 5.84. The van der Waals surface area contributed by atoms with E-state index in [9.17, 15) is 4.79 Å². The van der Waals surface area contributed by atoms with Gasteiger partial charge < -0.3 is 10.6 Å². The highest BCUT2D eigenvalue weighted by Gasteiger charge is 2.13. The van der Waals surface area contributed by atoms with Gasteiger partial charge in [-0.25, -0.2) is 0 Å². The molecular formula is C15H21N3O. The number of hydrogen-bond acceptors (Lipinski definition) is 3. The van der Waals surface area contributed by atoms with Crippen LogP contribution in [0.4, 0.5) is 5.69 Å². The molecular weight excluding hydrogens is 238 g/mol. The molecule has 0 fully saturated rings. The molecule has 19 heavy (non-hydrogen) atoms. The summed E-state index contributed by atoms with van der Waals surface area (Å²) in [6.45, 7) is 8.54. The van der Waals surface area contributed by atoms with E-state index < -0.39 is 0 Å². The van der Waals surface area contributed by atoms with Crippen LogP contribution >= 0.6 is 0 Å². The number of amides is 1. The Labute approximate surface area is 114 Å². The van der Waals surface area contributed by atoms with Crippen LogP contribution in [0.25, 0.3) is 0 Å². The molecule has 1 aromatic rings. The Bertz CT molecular complexity index is 489. The second kappa shape index (κ2) is 6.79. The van der Waals surface area contributed by atoms with E-state index in [4.69, 9.17) is 5.26 Å². The molecule has 0 saturated heterocycles. The first kappa shape index (κ1) is 15.0. The Morgan fingerprint density at radius 3 is 2.63 bits per heavy atom. The van der Waals surface area contributed by atoms with Crippen LogP contribution in [0.5, 0.6) is 0 Å². The van der Waals surface area contributed by atoms with Gasteiger partial charge in [0, 0.05) is 12.2 Å². The molecule has 0 radical (unpaired) electrons. The second-order valence-electron chi connectivity index (χ2n) is 5.15. The van der Waals surface area contributed by atoms with E-state index in [1.54, 1.807) is 12.1 Å². The van der Waals surface area contributed by atoms with Gasteiger partial charge in [0.05, 0.1) is 11.6 Å². The van der Waals surface area contributed by atoms with Crippen LogP contribution < -0.4 is 10.6 Å². The van der Waals surface area contributed by atoms with Crippen molar-refractivity contribution in [2.45, 2.75) is 33.7 Å². The van der Waals surface area contributed by atoms with Gasteiger partial charge in [-0.05, 0) is 37.5 Å². The van der Waals surface area contributed by atoms with Crippen molar-refractivity contribution in [2.24, 2.45) is 5.92 Å². The van der Waals surface area contributed by atoms with E-state index in [0.29, 0.717) is 18.0 Å². The Balaban J connectivity index is 2.68. The average Bonchev–Trinajstić information content (AvgIpc) is 2.38. The van der Waals surface area contributed by atoms with Crippen LogP contribution in [0.1, 0.15) is 31.9 Å². The van der Waals surface area contributed by atoms with Crippen LogP contribution in [0.2, 0.25) is 0 Å². The third-order valence-corrected chi connectivity index (χ3v) is 2.82. The number of carbonyl (C=O) groups is 1. The zero-order valence-electron chi connectivity index (χ0n) is 11.9. The quantitative estimate of drug-likeness (QED) is 0.853. The minimum absolute atomic E-state index is 0.0320. The molecule has 2 N–H and O–H groups in total. The van der Waals surface area contributed by atoms with Gasteiger partial charge in [-0.2, -0.15) is 5.26 Å². The highest BCUT2D eigenvalue weighted by atomic mass is 16.2. The summed E-state index contributed by atoms with van der Waals surface area (Å²) in [7, 11) is 0. The largest absolute Gasteiger partial charge is 0.374 e. The molecule has 102 valence electrons. The molecule has 1 unspecified atom stereocenters. The highest BCUT2D eigenvalue weighted by Crippen LogP contribution is 2.17. The molecule has 4 nitrogen and oxygen atoms in total. The number of aryl methyl sites for hydroxylation is 1. The van der Waals surface area contributed by atoms with Crippen molar-refractivity contribution >= 4 is 11.6 Å². The van der Waals surface area contributed by atoms with E-state index in [0.717, 1.165) is 11.3 Å². The van der Waals surface area contributed by atoms with E-state index in [1.165, 1.54) is 0 Å². The normalized spacial score (nSPS) is 11.8. The number of nitriles is 1. The summed E-state index contributed by atoms with van der Waals surface area (Å²) in [6, 6.07) is 7.18. The standard InChI is InChI=1S/C15H21N3O/c1-10(2)9-17-15(19)12(4)18-14-7-13(8-16)6-5-11(14)3/h5-7,10,12,18H,9H2,1-4H3,(H,17,19). The van der Waals surface area contributed by atoms with Crippen molar-refractivity contribution in [1.29, 1.82) is 5.26 Å². The first-order chi connectivity index (χ1) is 8.93. The monoisotopic (exact) mass is 259 g/mol. The van der Waals surface area contributed by atoms with E-state index in [2.05, 4.69) is 30.6 Å². The zero-order chi connectivity index (χ0) is 14.4. The fourth-order valence-corrected chi connectivity index (χ4v) is 1.60. The number of nitrogens with zero attached hydrogens (tertiary/aromatic N) is 1. The summed E-state index contributed by atoms with van der Waals surface area (Å²) >= 11 is 0. The smallest absolute Gasteiger partial charge is 0.242 e. The fraction of sp³-hybridized carbons (Fsp3) is 0.467. The molecule has 4 heteroatoms. The number of hydrogen-bond donors (Lipinski definition) is 2. The van der Waals surface area contributed by atoms with E-state index in [1.807, 2.05) is 19.9 Å². The van der Waals surface area contributed by atoms with Gasteiger partial charge in [0.2, 0.25) is 5.91 Å². The van der Waals surface area contributed by atoms with Gasteiger partial charge in [0.25, 0.3) is 0 Å². The molecule has 1 atom stereocenters. The van der Waals surface area contributed by atoms with Gasteiger partial charge >= 0.3 is 0 Å². The average molecular weight is 259 g/mol. The maximum atomic E-state index is 11.9. The SMILES string of the molecule is Cc1ccc(C#N)cc1NC(C)C(=O)NCC(C)C. The second-order valence-corrected chi connectivity index (χ2v) is 5.15. The summed E-state index contributed by atoms with van der Waals surface area (Å²) in [5.74, 6) is 0.398. The number of nitrogens with one attached hydrogen (secondary N) is 2. The molecule has 1 amide bonds. The number of carbonyl (C=O) groups excluding carboxylic acids is 1. The van der Waals surface area contributed by atoms with Crippen LogP contribution in [0, 0.1) is 24.2 Å². The molecule has 0 spiro atoms. The van der Waals surface area contributed by atoms with Crippen molar-refractivity contribution in [1.82, 2.24) is 5.32 Å². The maximum Gasteiger partial charge on any atom is 0.242 e. The summed E-state index contributed by atoms with van der Waals surface area (Å²) in [6.07, 6.45) is 0. The van der Waals surface area contributed by atoms with Crippen LogP contribution in [-0.4, -0.2) is 18.5 Å². The molecule has 1 rings (SSSR count). The molecule has 0 aliphatic rings. The van der Waals surface area contributed by atoms with Crippen LogP contribution in [0.3, 0.4) is 0 Å². The van der Waals surface area contributed by atoms with Crippen molar-refractivity contribution in [3.05, 3.63) is 29.3 Å². The van der Waals surface area contributed by atoms with Gasteiger partial charge in [0.15, 0.2) is 0 Å². The van der Waals surface area contributed by atoms with Crippen molar-refractivity contribution in [3.63, 3.8) is 0 Å². The summed E-state index contributed by atoms with van der Waals surface area (Å²) in [5, 5.41) is 14.9. The predicted molar refractivity (Wildman–Crippen MR) is 76.8 cm³/mol. The van der Waals surface area contributed by atoms with Gasteiger partial charge in [0.1, 0.15) is 6.04 Å².